The highest BCUT2D eigenvalue weighted by atomic mass is 32.2. The van der Waals surface area contributed by atoms with E-state index in [4.69, 9.17) is 0 Å². The van der Waals surface area contributed by atoms with Crippen LogP contribution < -0.4 is 5.32 Å². The molecule has 0 fully saturated rings. The van der Waals surface area contributed by atoms with E-state index in [-0.39, 0.29) is 5.91 Å². The van der Waals surface area contributed by atoms with E-state index >= 15 is 0 Å². The normalized spacial score (nSPS) is 12.2. The van der Waals surface area contributed by atoms with Crippen LogP contribution in [-0.2, 0) is 15.6 Å². The summed E-state index contributed by atoms with van der Waals surface area (Å²) in [5.74, 6) is 0.0206. The van der Waals surface area contributed by atoms with E-state index in [0.717, 1.165) is 22.6 Å². The highest BCUT2D eigenvalue weighted by Gasteiger charge is 2.05. The van der Waals surface area contributed by atoms with E-state index in [1.165, 1.54) is 0 Å². The van der Waals surface area contributed by atoms with Gasteiger partial charge in [-0.15, -0.1) is 0 Å². The van der Waals surface area contributed by atoms with Crippen molar-refractivity contribution in [1.82, 2.24) is 0 Å². The van der Waals surface area contributed by atoms with Crippen LogP contribution in [0.2, 0.25) is 0 Å². The fraction of sp³-hybridized carbons (Fsp3) is 0.417. The number of amides is 1. The van der Waals surface area contributed by atoms with Crippen LogP contribution >= 0.6 is 0 Å². The molecular weight excluding hydrogens is 222 g/mol. The zero-order valence-electron chi connectivity index (χ0n) is 9.87. The SMILES string of the molecule is CCCC(=O)Nc1ccc(S(C)=O)c(C)c1. The first-order chi connectivity index (χ1) is 7.54. The van der Waals surface area contributed by atoms with Crippen molar-refractivity contribution in [3.63, 3.8) is 0 Å². The van der Waals surface area contributed by atoms with E-state index in [1.807, 2.05) is 19.9 Å². The quantitative estimate of drug-likeness (QED) is 0.877. The molecule has 1 N–H and O–H groups in total. The van der Waals surface area contributed by atoms with Crippen molar-refractivity contribution in [2.45, 2.75) is 31.6 Å². The predicted molar refractivity (Wildman–Crippen MR) is 67.0 cm³/mol. The second-order valence-corrected chi connectivity index (χ2v) is 5.08. The molecule has 0 aliphatic heterocycles. The molecule has 0 aromatic heterocycles. The molecular formula is C12H17NO2S. The summed E-state index contributed by atoms with van der Waals surface area (Å²) >= 11 is 0. The standard InChI is InChI=1S/C12H17NO2S/c1-4-5-12(14)13-10-6-7-11(16(3)15)9(2)8-10/h6-8H,4-5H2,1-3H3,(H,13,14). The van der Waals surface area contributed by atoms with Crippen molar-refractivity contribution in [3.8, 4) is 0 Å². The monoisotopic (exact) mass is 239 g/mol. The lowest BCUT2D eigenvalue weighted by molar-refractivity contribution is -0.116. The lowest BCUT2D eigenvalue weighted by Gasteiger charge is -2.07. The maximum absolute atomic E-state index is 11.4. The third-order valence-electron chi connectivity index (χ3n) is 2.25. The second kappa shape index (κ2) is 5.80. The molecule has 1 atom stereocenters. The van der Waals surface area contributed by atoms with Crippen molar-refractivity contribution in [1.29, 1.82) is 0 Å². The number of hydrogen-bond acceptors (Lipinski definition) is 2. The van der Waals surface area contributed by atoms with E-state index in [0.29, 0.717) is 6.42 Å². The molecule has 1 amide bonds. The van der Waals surface area contributed by atoms with E-state index in [2.05, 4.69) is 5.32 Å². The Morgan fingerprint density at radius 2 is 2.12 bits per heavy atom. The smallest absolute Gasteiger partial charge is 0.224 e. The molecule has 1 aromatic rings. The molecule has 1 unspecified atom stereocenters. The topological polar surface area (TPSA) is 46.2 Å². The Morgan fingerprint density at radius 3 is 2.62 bits per heavy atom. The van der Waals surface area contributed by atoms with Gasteiger partial charge in [0, 0.05) is 23.3 Å². The summed E-state index contributed by atoms with van der Waals surface area (Å²) < 4.78 is 11.3. The van der Waals surface area contributed by atoms with Gasteiger partial charge in [0.25, 0.3) is 0 Å². The second-order valence-electron chi connectivity index (χ2n) is 3.73. The van der Waals surface area contributed by atoms with Crippen LogP contribution in [0.4, 0.5) is 5.69 Å². The van der Waals surface area contributed by atoms with Gasteiger partial charge in [-0.3, -0.25) is 9.00 Å². The van der Waals surface area contributed by atoms with E-state index in [9.17, 15) is 9.00 Å². The number of aryl methyl sites for hydroxylation is 1. The molecule has 16 heavy (non-hydrogen) atoms. The van der Waals surface area contributed by atoms with Gasteiger partial charge < -0.3 is 5.32 Å². The molecule has 0 aliphatic carbocycles. The number of hydrogen-bond donors (Lipinski definition) is 1. The molecule has 4 heteroatoms. The summed E-state index contributed by atoms with van der Waals surface area (Å²) in [5.41, 5.74) is 1.71. The fourth-order valence-electron chi connectivity index (χ4n) is 1.50. The molecule has 3 nitrogen and oxygen atoms in total. The van der Waals surface area contributed by atoms with Crippen molar-refractivity contribution < 1.29 is 9.00 Å². The first-order valence-electron chi connectivity index (χ1n) is 5.28. The Morgan fingerprint density at radius 1 is 1.44 bits per heavy atom. The van der Waals surface area contributed by atoms with Crippen LogP contribution in [0.15, 0.2) is 23.1 Å². The van der Waals surface area contributed by atoms with Crippen molar-refractivity contribution >= 4 is 22.4 Å². The Hall–Kier alpha value is -1.16. The minimum Gasteiger partial charge on any atom is -0.326 e. The number of benzene rings is 1. The minimum atomic E-state index is -0.978. The van der Waals surface area contributed by atoms with Crippen LogP contribution in [0.3, 0.4) is 0 Å². The number of carbonyl (C=O) groups is 1. The number of rotatable bonds is 4. The molecule has 88 valence electrons. The van der Waals surface area contributed by atoms with Crippen molar-refractivity contribution in [2.75, 3.05) is 11.6 Å². The molecule has 0 bridgehead atoms. The summed E-state index contributed by atoms with van der Waals surface area (Å²) in [6, 6.07) is 5.44. The number of nitrogens with one attached hydrogen (secondary N) is 1. The number of carbonyl (C=O) groups excluding carboxylic acids is 1. The lowest BCUT2D eigenvalue weighted by atomic mass is 10.2. The van der Waals surface area contributed by atoms with Gasteiger partial charge in [0.2, 0.25) is 5.91 Å². The predicted octanol–water partition coefficient (Wildman–Crippen LogP) is 2.47. The van der Waals surface area contributed by atoms with Crippen LogP contribution in [-0.4, -0.2) is 16.4 Å². The van der Waals surface area contributed by atoms with Gasteiger partial charge in [-0.1, -0.05) is 6.92 Å². The highest BCUT2D eigenvalue weighted by Crippen LogP contribution is 2.17. The molecule has 0 aliphatic rings. The van der Waals surface area contributed by atoms with Gasteiger partial charge in [0.05, 0.1) is 10.8 Å². The molecule has 1 rings (SSSR count). The van der Waals surface area contributed by atoms with Gasteiger partial charge >= 0.3 is 0 Å². The van der Waals surface area contributed by atoms with Gasteiger partial charge in [0.15, 0.2) is 0 Å². The fourth-order valence-corrected chi connectivity index (χ4v) is 2.27. The number of anilines is 1. The van der Waals surface area contributed by atoms with Crippen LogP contribution in [0, 0.1) is 6.92 Å². The largest absolute Gasteiger partial charge is 0.326 e. The Balaban J connectivity index is 2.81. The molecule has 0 radical (unpaired) electrons. The summed E-state index contributed by atoms with van der Waals surface area (Å²) in [6.45, 7) is 3.86. The van der Waals surface area contributed by atoms with Crippen LogP contribution in [0.25, 0.3) is 0 Å². The first kappa shape index (κ1) is 12.9. The lowest BCUT2D eigenvalue weighted by Crippen LogP contribution is -2.10. The van der Waals surface area contributed by atoms with Crippen molar-refractivity contribution in [2.24, 2.45) is 0 Å². The zero-order chi connectivity index (χ0) is 12.1. The van der Waals surface area contributed by atoms with Crippen LogP contribution in [0.5, 0.6) is 0 Å². The average Bonchev–Trinajstić information content (AvgIpc) is 2.17. The Kier molecular flexibility index (Phi) is 4.68. The van der Waals surface area contributed by atoms with Gasteiger partial charge in [-0.05, 0) is 37.1 Å². The minimum absolute atomic E-state index is 0.0206. The van der Waals surface area contributed by atoms with Crippen LogP contribution in [0.1, 0.15) is 25.3 Å². The Bertz CT molecular complexity index is 415. The molecule has 0 spiro atoms. The summed E-state index contributed by atoms with van der Waals surface area (Å²) in [6.07, 6.45) is 3.01. The molecule has 0 heterocycles. The molecule has 0 saturated heterocycles. The van der Waals surface area contributed by atoms with E-state index < -0.39 is 10.8 Å². The van der Waals surface area contributed by atoms with Gasteiger partial charge in [-0.2, -0.15) is 0 Å². The first-order valence-corrected chi connectivity index (χ1v) is 6.84. The van der Waals surface area contributed by atoms with Gasteiger partial charge in [-0.25, -0.2) is 0 Å². The van der Waals surface area contributed by atoms with Crippen molar-refractivity contribution in [3.05, 3.63) is 23.8 Å². The summed E-state index contributed by atoms with van der Waals surface area (Å²) in [5, 5.41) is 2.81. The maximum Gasteiger partial charge on any atom is 0.224 e. The van der Waals surface area contributed by atoms with Gasteiger partial charge in [0.1, 0.15) is 0 Å². The summed E-state index contributed by atoms with van der Waals surface area (Å²) in [7, 11) is -0.978. The average molecular weight is 239 g/mol. The zero-order valence-corrected chi connectivity index (χ0v) is 10.7. The summed E-state index contributed by atoms with van der Waals surface area (Å²) in [4.78, 5) is 12.2. The third-order valence-corrected chi connectivity index (χ3v) is 3.32. The third kappa shape index (κ3) is 3.45. The molecule has 0 saturated carbocycles. The van der Waals surface area contributed by atoms with E-state index in [1.54, 1.807) is 18.4 Å². The maximum atomic E-state index is 11.4. The molecule has 1 aromatic carbocycles. The highest BCUT2D eigenvalue weighted by molar-refractivity contribution is 7.84. The Labute approximate surface area is 98.7 Å².